The Balaban J connectivity index is 1.42. The summed E-state index contributed by atoms with van der Waals surface area (Å²) in [6.07, 6.45) is 0.317. The van der Waals surface area contributed by atoms with Crippen LogP contribution in [0, 0.1) is 0 Å². The van der Waals surface area contributed by atoms with E-state index in [1.165, 1.54) is 0 Å². The Morgan fingerprint density at radius 3 is 2.37 bits per heavy atom. The lowest BCUT2D eigenvalue weighted by Crippen LogP contribution is -2.53. The maximum atomic E-state index is 13.4. The molecular formula is C28H29N5O2. The van der Waals surface area contributed by atoms with Gasteiger partial charge >= 0.3 is 0 Å². The molecule has 1 unspecified atom stereocenters. The van der Waals surface area contributed by atoms with Gasteiger partial charge in [0.05, 0.1) is 17.5 Å². The Kier molecular flexibility index (Phi) is 6.23. The van der Waals surface area contributed by atoms with Gasteiger partial charge < -0.3 is 19.7 Å². The summed E-state index contributed by atoms with van der Waals surface area (Å²) >= 11 is 0. The first-order chi connectivity index (χ1) is 17.0. The van der Waals surface area contributed by atoms with Gasteiger partial charge in [-0.25, -0.2) is 4.98 Å². The zero-order valence-electron chi connectivity index (χ0n) is 20.0. The van der Waals surface area contributed by atoms with Crippen LogP contribution in [-0.2, 0) is 11.2 Å². The molecule has 1 atom stereocenters. The maximum Gasteiger partial charge on any atom is 0.253 e. The fourth-order valence-electron chi connectivity index (χ4n) is 4.59. The SMILES string of the molecule is CN(C)c1ccc(C(=O)N2CCN(C(=O)Cc3ccccc3)C(c3nc4ccccc4[nH]3)C2)cc1. The summed E-state index contributed by atoms with van der Waals surface area (Å²) in [6, 6.07) is 24.8. The first-order valence-corrected chi connectivity index (χ1v) is 11.8. The molecule has 4 aromatic rings. The molecule has 1 aromatic heterocycles. The van der Waals surface area contributed by atoms with Gasteiger partial charge in [-0.3, -0.25) is 9.59 Å². The van der Waals surface area contributed by atoms with E-state index in [1.54, 1.807) is 0 Å². The van der Waals surface area contributed by atoms with Crippen molar-refractivity contribution in [3.63, 3.8) is 0 Å². The van der Waals surface area contributed by atoms with Crippen LogP contribution in [0.1, 0.15) is 27.8 Å². The number of carbonyl (C=O) groups excluding carboxylic acids is 2. The van der Waals surface area contributed by atoms with Gasteiger partial charge in [0, 0.05) is 45.0 Å². The summed E-state index contributed by atoms with van der Waals surface area (Å²) < 4.78 is 0. The highest BCUT2D eigenvalue weighted by Crippen LogP contribution is 2.27. The molecule has 5 rings (SSSR count). The molecular weight excluding hydrogens is 438 g/mol. The van der Waals surface area contributed by atoms with E-state index in [9.17, 15) is 9.59 Å². The molecule has 0 spiro atoms. The average Bonchev–Trinajstić information content (AvgIpc) is 3.33. The Morgan fingerprint density at radius 1 is 0.943 bits per heavy atom. The van der Waals surface area contributed by atoms with Crippen molar-refractivity contribution in [1.29, 1.82) is 0 Å². The molecule has 0 saturated carbocycles. The van der Waals surface area contributed by atoms with Gasteiger partial charge in [0.2, 0.25) is 5.91 Å². The zero-order valence-corrected chi connectivity index (χ0v) is 20.0. The molecule has 1 aliphatic heterocycles. The first kappa shape index (κ1) is 22.7. The Bertz CT molecular complexity index is 1300. The third kappa shape index (κ3) is 4.75. The van der Waals surface area contributed by atoms with Crippen molar-refractivity contribution in [1.82, 2.24) is 19.8 Å². The summed E-state index contributed by atoms with van der Waals surface area (Å²) in [5.74, 6) is 0.698. The van der Waals surface area contributed by atoms with Crippen molar-refractivity contribution in [2.45, 2.75) is 12.5 Å². The molecule has 7 heteroatoms. The molecule has 7 nitrogen and oxygen atoms in total. The second-order valence-electron chi connectivity index (χ2n) is 9.10. The third-order valence-corrected chi connectivity index (χ3v) is 6.54. The van der Waals surface area contributed by atoms with E-state index < -0.39 is 0 Å². The average molecular weight is 468 g/mol. The second-order valence-corrected chi connectivity index (χ2v) is 9.10. The highest BCUT2D eigenvalue weighted by molar-refractivity contribution is 5.95. The number of H-pyrrole nitrogens is 1. The van der Waals surface area contributed by atoms with Crippen LogP contribution in [0.5, 0.6) is 0 Å². The minimum absolute atomic E-state index is 0.0316. The minimum Gasteiger partial charge on any atom is -0.378 e. The number of fused-ring (bicyclic) bond motifs is 1. The molecule has 178 valence electrons. The summed E-state index contributed by atoms with van der Waals surface area (Å²) in [5, 5.41) is 0. The number of hydrogen-bond acceptors (Lipinski definition) is 4. The third-order valence-electron chi connectivity index (χ3n) is 6.54. The molecule has 2 amide bonds. The Morgan fingerprint density at radius 2 is 1.66 bits per heavy atom. The molecule has 35 heavy (non-hydrogen) atoms. The zero-order chi connectivity index (χ0) is 24.4. The number of imidazole rings is 1. The first-order valence-electron chi connectivity index (χ1n) is 11.8. The number of nitrogens with zero attached hydrogens (tertiary/aromatic N) is 4. The number of hydrogen-bond donors (Lipinski definition) is 1. The second kappa shape index (κ2) is 9.62. The lowest BCUT2D eigenvalue weighted by molar-refractivity contribution is -0.135. The van der Waals surface area contributed by atoms with Gasteiger partial charge in [0.25, 0.3) is 5.91 Å². The fourth-order valence-corrected chi connectivity index (χ4v) is 4.59. The number of carbonyl (C=O) groups is 2. The number of nitrogens with one attached hydrogen (secondary N) is 1. The van der Waals surface area contributed by atoms with Crippen LogP contribution in [0.4, 0.5) is 5.69 Å². The predicted octanol–water partition coefficient (Wildman–Crippen LogP) is 3.90. The van der Waals surface area contributed by atoms with Gasteiger partial charge in [-0.1, -0.05) is 42.5 Å². The highest BCUT2D eigenvalue weighted by atomic mass is 16.2. The number of amides is 2. The minimum atomic E-state index is -0.350. The van der Waals surface area contributed by atoms with Crippen LogP contribution >= 0.6 is 0 Å². The normalized spacial score (nSPS) is 15.9. The summed E-state index contributed by atoms with van der Waals surface area (Å²) in [6.45, 7) is 1.31. The number of piperazine rings is 1. The molecule has 1 N–H and O–H groups in total. The fraction of sp³-hybridized carbons (Fsp3) is 0.250. The van der Waals surface area contributed by atoms with Crippen LogP contribution < -0.4 is 4.90 Å². The van der Waals surface area contributed by atoms with E-state index in [0.29, 0.717) is 37.4 Å². The van der Waals surface area contributed by atoms with Gasteiger partial charge in [0.15, 0.2) is 0 Å². The molecule has 3 aromatic carbocycles. The largest absolute Gasteiger partial charge is 0.378 e. The molecule has 1 saturated heterocycles. The smallest absolute Gasteiger partial charge is 0.253 e. The quantitative estimate of drug-likeness (QED) is 0.483. The number of anilines is 1. The van der Waals surface area contributed by atoms with Crippen LogP contribution in [-0.4, -0.2) is 65.3 Å². The summed E-state index contributed by atoms with van der Waals surface area (Å²) in [4.78, 5) is 40.6. The van der Waals surface area contributed by atoms with E-state index in [4.69, 9.17) is 4.98 Å². The van der Waals surface area contributed by atoms with E-state index >= 15 is 0 Å². The number of rotatable bonds is 5. The van der Waals surface area contributed by atoms with Crippen molar-refractivity contribution >= 4 is 28.5 Å². The number of para-hydroxylation sites is 2. The van der Waals surface area contributed by atoms with Crippen molar-refractivity contribution in [3.05, 3.63) is 95.8 Å². The van der Waals surface area contributed by atoms with Crippen LogP contribution in [0.25, 0.3) is 11.0 Å². The molecule has 2 heterocycles. The van der Waals surface area contributed by atoms with E-state index in [-0.39, 0.29) is 17.9 Å². The Labute approximate surface area is 205 Å². The molecule has 0 aliphatic carbocycles. The number of aromatic nitrogens is 2. The van der Waals surface area contributed by atoms with E-state index in [0.717, 1.165) is 22.3 Å². The lowest BCUT2D eigenvalue weighted by atomic mass is 10.1. The van der Waals surface area contributed by atoms with Crippen molar-refractivity contribution in [3.8, 4) is 0 Å². The van der Waals surface area contributed by atoms with E-state index in [1.807, 2.05) is 108 Å². The molecule has 1 fully saturated rings. The molecule has 0 radical (unpaired) electrons. The standard InChI is InChI=1S/C28H29N5O2/c1-31(2)22-14-12-21(13-15-22)28(35)32-16-17-33(26(34)18-20-8-4-3-5-9-20)25(19-32)27-29-23-10-6-7-11-24(23)30-27/h3-15,25H,16-19H2,1-2H3,(H,29,30). The van der Waals surface area contributed by atoms with Crippen molar-refractivity contribution < 1.29 is 9.59 Å². The maximum absolute atomic E-state index is 13.4. The summed E-state index contributed by atoms with van der Waals surface area (Å²) in [7, 11) is 3.95. The van der Waals surface area contributed by atoms with Crippen molar-refractivity contribution in [2.75, 3.05) is 38.6 Å². The number of benzene rings is 3. The predicted molar refractivity (Wildman–Crippen MR) is 137 cm³/mol. The van der Waals surface area contributed by atoms with Gasteiger partial charge in [-0.2, -0.15) is 0 Å². The van der Waals surface area contributed by atoms with Crippen molar-refractivity contribution in [2.24, 2.45) is 0 Å². The topological polar surface area (TPSA) is 72.5 Å². The van der Waals surface area contributed by atoms with Gasteiger partial charge in [-0.05, 0) is 42.0 Å². The molecule has 1 aliphatic rings. The lowest BCUT2D eigenvalue weighted by Gasteiger charge is -2.40. The highest BCUT2D eigenvalue weighted by Gasteiger charge is 2.35. The Hall–Kier alpha value is -4.13. The van der Waals surface area contributed by atoms with Crippen LogP contribution in [0.3, 0.4) is 0 Å². The number of aromatic amines is 1. The monoisotopic (exact) mass is 467 g/mol. The molecule has 0 bridgehead atoms. The van der Waals surface area contributed by atoms with Gasteiger partial charge in [0.1, 0.15) is 11.9 Å². The van der Waals surface area contributed by atoms with Crippen LogP contribution in [0.15, 0.2) is 78.9 Å². The van der Waals surface area contributed by atoms with Crippen LogP contribution in [0.2, 0.25) is 0 Å². The van der Waals surface area contributed by atoms with E-state index in [2.05, 4.69) is 4.98 Å². The summed E-state index contributed by atoms with van der Waals surface area (Å²) in [5.41, 5.74) is 4.42. The van der Waals surface area contributed by atoms with Gasteiger partial charge in [-0.15, -0.1) is 0 Å².